The van der Waals surface area contributed by atoms with Crippen LogP contribution in [-0.4, -0.2) is 6.04 Å². The van der Waals surface area contributed by atoms with Gasteiger partial charge in [0, 0.05) is 10.5 Å². The second kappa shape index (κ2) is 8.11. The summed E-state index contributed by atoms with van der Waals surface area (Å²) in [5.74, 6) is 6.20. The molecule has 4 heteroatoms. The molecule has 3 N–H and O–H groups in total. The summed E-state index contributed by atoms with van der Waals surface area (Å²) in [6.45, 7) is 0. The van der Waals surface area contributed by atoms with Gasteiger partial charge in [0.15, 0.2) is 0 Å². The van der Waals surface area contributed by atoms with E-state index in [0.717, 1.165) is 16.5 Å². The van der Waals surface area contributed by atoms with Crippen molar-refractivity contribution in [3.8, 4) is 0 Å². The SMILES string of the molecule is NNC(Cc1ccc(F)cc1Br)C1CCCCCCC1. The largest absolute Gasteiger partial charge is 0.271 e. The van der Waals surface area contributed by atoms with Gasteiger partial charge in [0.05, 0.1) is 0 Å². The van der Waals surface area contributed by atoms with Gasteiger partial charge in [-0.2, -0.15) is 0 Å². The lowest BCUT2D eigenvalue weighted by atomic mass is 9.83. The van der Waals surface area contributed by atoms with Gasteiger partial charge in [-0.25, -0.2) is 4.39 Å². The van der Waals surface area contributed by atoms with Crippen molar-refractivity contribution in [1.29, 1.82) is 0 Å². The predicted octanol–water partition coefficient (Wildman–Crippen LogP) is 4.32. The van der Waals surface area contributed by atoms with Crippen LogP contribution in [0, 0.1) is 11.7 Å². The van der Waals surface area contributed by atoms with Gasteiger partial charge in [0.1, 0.15) is 5.82 Å². The third kappa shape index (κ3) is 4.54. The molecule has 1 atom stereocenters. The van der Waals surface area contributed by atoms with Crippen molar-refractivity contribution in [2.45, 2.75) is 57.4 Å². The van der Waals surface area contributed by atoms with E-state index in [4.69, 9.17) is 5.84 Å². The lowest BCUT2D eigenvalue weighted by Gasteiger charge is -2.28. The number of hydrazine groups is 1. The maximum absolute atomic E-state index is 13.2. The first-order valence-corrected chi connectivity index (χ1v) is 8.40. The van der Waals surface area contributed by atoms with Crippen molar-refractivity contribution in [2.75, 3.05) is 0 Å². The highest BCUT2D eigenvalue weighted by Gasteiger charge is 2.22. The van der Waals surface area contributed by atoms with Gasteiger partial charge in [-0.1, -0.05) is 54.1 Å². The first kappa shape index (κ1) is 15.9. The topological polar surface area (TPSA) is 38.0 Å². The summed E-state index contributed by atoms with van der Waals surface area (Å²) in [6.07, 6.45) is 9.99. The number of hydrogen-bond donors (Lipinski definition) is 2. The first-order chi connectivity index (χ1) is 9.70. The molecule has 0 radical (unpaired) electrons. The van der Waals surface area contributed by atoms with Gasteiger partial charge in [-0.05, 0) is 42.9 Å². The molecule has 0 heterocycles. The number of halogens is 2. The summed E-state index contributed by atoms with van der Waals surface area (Å²) in [6, 6.07) is 5.18. The van der Waals surface area contributed by atoms with Crippen molar-refractivity contribution >= 4 is 15.9 Å². The van der Waals surface area contributed by atoms with Gasteiger partial charge in [-0.3, -0.25) is 11.3 Å². The molecule has 1 aromatic carbocycles. The molecule has 1 saturated carbocycles. The summed E-state index contributed by atoms with van der Waals surface area (Å²) in [5.41, 5.74) is 4.12. The van der Waals surface area contributed by atoms with Crippen LogP contribution in [0.2, 0.25) is 0 Å². The second-order valence-corrected chi connectivity index (χ2v) is 6.67. The Morgan fingerprint density at radius 3 is 2.45 bits per heavy atom. The van der Waals surface area contributed by atoms with Crippen LogP contribution in [0.3, 0.4) is 0 Å². The van der Waals surface area contributed by atoms with Gasteiger partial charge >= 0.3 is 0 Å². The lowest BCUT2D eigenvalue weighted by Crippen LogP contribution is -2.42. The second-order valence-electron chi connectivity index (χ2n) is 5.82. The molecule has 112 valence electrons. The highest BCUT2D eigenvalue weighted by Crippen LogP contribution is 2.28. The minimum absolute atomic E-state index is 0.205. The van der Waals surface area contributed by atoms with E-state index in [1.54, 1.807) is 0 Å². The van der Waals surface area contributed by atoms with Gasteiger partial charge in [0.25, 0.3) is 0 Å². The number of rotatable bonds is 4. The monoisotopic (exact) mass is 342 g/mol. The van der Waals surface area contributed by atoms with Crippen LogP contribution >= 0.6 is 15.9 Å². The van der Waals surface area contributed by atoms with Crippen LogP contribution < -0.4 is 11.3 Å². The number of nitrogens with one attached hydrogen (secondary N) is 1. The van der Waals surface area contributed by atoms with E-state index in [-0.39, 0.29) is 11.9 Å². The Bertz CT molecular complexity index is 417. The van der Waals surface area contributed by atoms with E-state index in [2.05, 4.69) is 21.4 Å². The standard InChI is InChI=1S/C16H24BrFN2/c17-15-11-14(18)9-8-13(15)10-16(20-19)12-6-4-2-1-3-5-7-12/h8-9,11-12,16,20H,1-7,10,19H2. The molecule has 0 aliphatic heterocycles. The fourth-order valence-corrected chi connectivity index (χ4v) is 3.69. The van der Waals surface area contributed by atoms with E-state index in [1.165, 1.54) is 57.1 Å². The smallest absolute Gasteiger partial charge is 0.124 e. The fraction of sp³-hybridized carbons (Fsp3) is 0.625. The van der Waals surface area contributed by atoms with Crippen LogP contribution in [0.1, 0.15) is 50.5 Å². The predicted molar refractivity (Wildman–Crippen MR) is 84.7 cm³/mol. The Hall–Kier alpha value is -0.450. The zero-order chi connectivity index (χ0) is 14.4. The van der Waals surface area contributed by atoms with Gasteiger partial charge in [0.2, 0.25) is 0 Å². The fourth-order valence-electron chi connectivity index (χ4n) is 3.18. The number of benzene rings is 1. The van der Waals surface area contributed by atoms with E-state index in [9.17, 15) is 4.39 Å². The Balaban J connectivity index is 2.03. The molecule has 0 bridgehead atoms. The van der Waals surface area contributed by atoms with Crippen molar-refractivity contribution < 1.29 is 4.39 Å². The minimum atomic E-state index is -0.205. The highest BCUT2D eigenvalue weighted by atomic mass is 79.9. The molecule has 1 aromatic rings. The van der Waals surface area contributed by atoms with Crippen molar-refractivity contribution in [2.24, 2.45) is 11.8 Å². The molecular weight excluding hydrogens is 319 g/mol. The number of nitrogens with two attached hydrogens (primary N) is 1. The quantitative estimate of drug-likeness (QED) is 0.631. The zero-order valence-electron chi connectivity index (χ0n) is 11.9. The van der Waals surface area contributed by atoms with Crippen LogP contribution in [0.15, 0.2) is 22.7 Å². The van der Waals surface area contributed by atoms with E-state index >= 15 is 0 Å². The molecule has 1 unspecified atom stereocenters. The molecular formula is C16H24BrFN2. The maximum atomic E-state index is 13.2. The van der Waals surface area contributed by atoms with Gasteiger partial charge in [-0.15, -0.1) is 0 Å². The molecule has 0 spiro atoms. The first-order valence-electron chi connectivity index (χ1n) is 7.60. The van der Waals surface area contributed by atoms with Crippen molar-refractivity contribution in [1.82, 2.24) is 5.43 Å². The molecule has 0 saturated heterocycles. The Morgan fingerprint density at radius 2 is 1.85 bits per heavy atom. The Labute approximate surface area is 129 Å². The Kier molecular flexibility index (Phi) is 6.46. The van der Waals surface area contributed by atoms with E-state index < -0.39 is 0 Å². The van der Waals surface area contributed by atoms with Crippen molar-refractivity contribution in [3.05, 3.63) is 34.1 Å². The number of hydrogen-bond acceptors (Lipinski definition) is 2. The van der Waals surface area contributed by atoms with E-state index in [0.29, 0.717) is 5.92 Å². The molecule has 2 nitrogen and oxygen atoms in total. The maximum Gasteiger partial charge on any atom is 0.124 e. The minimum Gasteiger partial charge on any atom is -0.271 e. The van der Waals surface area contributed by atoms with Crippen LogP contribution in [0.5, 0.6) is 0 Å². The van der Waals surface area contributed by atoms with Crippen LogP contribution in [0.25, 0.3) is 0 Å². The Morgan fingerprint density at radius 1 is 1.20 bits per heavy atom. The molecule has 20 heavy (non-hydrogen) atoms. The third-order valence-electron chi connectivity index (χ3n) is 4.39. The highest BCUT2D eigenvalue weighted by molar-refractivity contribution is 9.10. The summed E-state index contributed by atoms with van der Waals surface area (Å²) in [5, 5.41) is 0. The van der Waals surface area contributed by atoms with Crippen LogP contribution in [-0.2, 0) is 6.42 Å². The summed E-state index contributed by atoms with van der Waals surface area (Å²) in [4.78, 5) is 0. The van der Waals surface area contributed by atoms with E-state index in [1.807, 2.05) is 6.07 Å². The molecule has 2 rings (SSSR count). The molecule has 1 aliphatic rings. The summed E-state index contributed by atoms with van der Waals surface area (Å²) in [7, 11) is 0. The van der Waals surface area contributed by atoms with Crippen LogP contribution in [0.4, 0.5) is 4.39 Å². The summed E-state index contributed by atoms with van der Waals surface area (Å²) >= 11 is 3.45. The molecule has 0 aromatic heterocycles. The van der Waals surface area contributed by atoms with Gasteiger partial charge < -0.3 is 0 Å². The molecule has 1 fully saturated rings. The average molecular weight is 343 g/mol. The zero-order valence-corrected chi connectivity index (χ0v) is 13.5. The molecule has 0 amide bonds. The lowest BCUT2D eigenvalue weighted by molar-refractivity contribution is 0.285. The normalized spacial score (nSPS) is 19.4. The molecule has 1 aliphatic carbocycles. The van der Waals surface area contributed by atoms with Crippen molar-refractivity contribution in [3.63, 3.8) is 0 Å². The average Bonchev–Trinajstić information content (AvgIpc) is 2.39. The third-order valence-corrected chi connectivity index (χ3v) is 5.13. The summed E-state index contributed by atoms with van der Waals surface area (Å²) < 4.78 is 14.0.